The van der Waals surface area contributed by atoms with Crippen LogP contribution in [0.3, 0.4) is 0 Å². The number of hydrogen-bond donors (Lipinski definition) is 2. The molecule has 26 heavy (non-hydrogen) atoms. The maximum absolute atomic E-state index is 12.2. The van der Waals surface area contributed by atoms with Gasteiger partial charge < -0.3 is 15.3 Å². The number of carbonyl (C=O) groups excluding carboxylic acids is 1. The van der Waals surface area contributed by atoms with Crippen LogP contribution in [0, 0.1) is 0 Å². The van der Waals surface area contributed by atoms with Gasteiger partial charge in [-0.1, -0.05) is 42.5 Å². The van der Waals surface area contributed by atoms with Crippen molar-refractivity contribution < 1.29 is 9.90 Å². The van der Waals surface area contributed by atoms with Gasteiger partial charge in [0.25, 0.3) is 0 Å². The predicted octanol–water partition coefficient (Wildman–Crippen LogP) is 3.32. The molecule has 0 saturated heterocycles. The summed E-state index contributed by atoms with van der Waals surface area (Å²) in [5.74, 6) is -0.105. The molecule has 0 saturated carbocycles. The molecule has 1 amide bonds. The van der Waals surface area contributed by atoms with Gasteiger partial charge in [-0.25, -0.2) is 0 Å². The molecule has 0 fully saturated rings. The standard InChI is InChI=1S/C22H26N2O2/c1-17(23-22(26)12-9-18-6-3-2-4-7-18)20-11-10-19-8-5-13-24(14-15-25)21(19)16-20/h2-4,6-7,9-12,16-17,25H,5,8,13-15H2,1H3,(H,23,26). The Bertz CT molecular complexity index is 771. The molecular formula is C22H26N2O2. The molecule has 2 aromatic rings. The predicted molar refractivity (Wildman–Crippen MR) is 106 cm³/mol. The van der Waals surface area contributed by atoms with E-state index in [1.807, 2.05) is 43.3 Å². The van der Waals surface area contributed by atoms with E-state index < -0.39 is 0 Å². The lowest BCUT2D eigenvalue weighted by Gasteiger charge is -2.31. The number of aryl methyl sites for hydroxylation is 1. The minimum Gasteiger partial charge on any atom is -0.395 e. The second-order valence-corrected chi connectivity index (χ2v) is 6.68. The van der Waals surface area contributed by atoms with Gasteiger partial charge in [0.15, 0.2) is 0 Å². The van der Waals surface area contributed by atoms with Gasteiger partial charge in [-0.3, -0.25) is 4.79 Å². The first-order chi connectivity index (χ1) is 12.7. The SMILES string of the molecule is CC(NC(=O)C=Cc1ccccc1)c1ccc2c(c1)N(CCO)CCC2. The van der Waals surface area contributed by atoms with Crippen LogP contribution >= 0.6 is 0 Å². The second kappa shape index (κ2) is 8.68. The summed E-state index contributed by atoms with van der Waals surface area (Å²) in [5.41, 5.74) is 4.58. The summed E-state index contributed by atoms with van der Waals surface area (Å²) in [4.78, 5) is 14.4. The van der Waals surface area contributed by atoms with E-state index in [9.17, 15) is 9.90 Å². The van der Waals surface area contributed by atoms with Gasteiger partial charge in [0.1, 0.15) is 0 Å². The molecule has 0 aromatic heterocycles. The quantitative estimate of drug-likeness (QED) is 0.786. The number of hydrogen-bond acceptors (Lipinski definition) is 3. The van der Waals surface area contributed by atoms with E-state index in [0.29, 0.717) is 6.54 Å². The Morgan fingerprint density at radius 2 is 2.08 bits per heavy atom. The fraction of sp³-hybridized carbons (Fsp3) is 0.318. The van der Waals surface area contributed by atoms with E-state index in [4.69, 9.17) is 0 Å². The first-order valence-corrected chi connectivity index (χ1v) is 9.19. The molecule has 0 spiro atoms. The van der Waals surface area contributed by atoms with E-state index in [0.717, 1.165) is 30.5 Å². The van der Waals surface area contributed by atoms with Crippen LogP contribution < -0.4 is 10.2 Å². The van der Waals surface area contributed by atoms with Crippen LogP contribution in [0.4, 0.5) is 5.69 Å². The number of nitrogens with one attached hydrogen (secondary N) is 1. The molecule has 0 aliphatic carbocycles. The zero-order chi connectivity index (χ0) is 18.4. The Morgan fingerprint density at radius 1 is 1.27 bits per heavy atom. The number of rotatable bonds is 6. The van der Waals surface area contributed by atoms with Gasteiger partial charge in [0, 0.05) is 24.9 Å². The lowest BCUT2D eigenvalue weighted by Crippen LogP contribution is -2.32. The highest BCUT2D eigenvalue weighted by Crippen LogP contribution is 2.30. The van der Waals surface area contributed by atoms with E-state index in [2.05, 4.69) is 28.4 Å². The molecule has 3 rings (SSSR count). The number of amides is 1. The van der Waals surface area contributed by atoms with Crippen LogP contribution in [0.1, 0.15) is 36.1 Å². The Morgan fingerprint density at radius 3 is 2.85 bits per heavy atom. The van der Waals surface area contributed by atoms with Crippen molar-refractivity contribution in [3.8, 4) is 0 Å². The Labute approximate surface area is 155 Å². The number of nitrogens with zero attached hydrogens (tertiary/aromatic N) is 1. The van der Waals surface area contributed by atoms with Crippen molar-refractivity contribution >= 4 is 17.7 Å². The first-order valence-electron chi connectivity index (χ1n) is 9.19. The van der Waals surface area contributed by atoms with E-state index >= 15 is 0 Å². The van der Waals surface area contributed by atoms with Gasteiger partial charge in [-0.15, -0.1) is 0 Å². The average molecular weight is 350 g/mol. The first kappa shape index (κ1) is 18.2. The highest BCUT2D eigenvalue weighted by molar-refractivity contribution is 5.92. The van der Waals surface area contributed by atoms with Crippen molar-refractivity contribution in [1.82, 2.24) is 5.32 Å². The number of aliphatic hydroxyl groups is 1. The van der Waals surface area contributed by atoms with Crippen LogP contribution in [-0.4, -0.2) is 30.7 Å². The molecule has 4 heteroatoms. The van der Waals surface area contributed by atoms with Crippen molar-refractivity contribution in [2.45, 2.75) is 25.8 Å². The third-order valence-electron chi connectivity index (χ3n) is 4.78. The molecule has 2 aromatic carbocycles. The summed E-state index contributed by atoms with van der Waals surface area (Å²) < 4.78 is 0. The summed E-state index contributed by atoms with van der Waals surface area (Å²) in [6.45, 7) is 3.77. The lowest BCUT2D eigenvalue weighted by molar-refractivity contribution is -0.117. The highest BCUT2D eigenvalue weighted by atomic mass is 16.3. The summed E-state index contributed by atoms with van der Waals surface area (Å²) >= 11 is 0. The van der Waals surface area contributed by atoms with Crippen LogP contribution in [0.25, 0.3) is 6.08 Å². The lowest BCUT2D eigenvalue weighted by atomic mass is 9.97. The van der Waals surface area contributed by atoms with Crippen LogP contribution in [0.2, 0.25) is 0 Å². The Balaban J connectivity index is 1.68. The van der Waals surface area contributed by atoms with Crippen LogP contribution in [-0.2, 0) is 11.2 Å². The van der Waals surface area contributed by atoms with Gasteiger partial charge in [0.05, 0.1) is 12.6 Å². The number of carbonyl (C=O) groups is 1. The molecule has 4 nitrogen and oxygen atoms in total. The topological polar surface area (TPSA) is 52.6 Å². The summed E-state index contributed by atoms with van der Waals surface area (Å²) in [6, 6.07) is 16.1. The van der Waals surface area contributed by atoms with Crippen molar-refractivity contribution in [2.75, 3.05) is 24.6 Å². The third-order valence-corrected chi connectivity index (χ3v) is 4.78. The van der Waals surface area contributed by atoms with E-state index in [1.54, 1.807) is 6.08 Å². The van der Waals surface area contributed by atoms with E-state index in [1.165, 1.54) is 11.3 Å². The summed E-state index contributed by atoms with van der Waals surface area (Å²) in [6.07, 6.45) is 5.57. The van der Waals surface area contributed by atoms with Crippen LogP contribution in [0.5, 0.6) is 0 Å². The molecular weight excluding hydrogens is 324 g/mol. The molecule has 1 aliphatic heterocycles. The molecule has 1 unspecified atom stereocenters. The number of benzene rings is 2. The smallest absolute Gasteiger partial charge is 0.244 e. The minimum atomic E-state index is -0.105. The van der Waals surface area contributed by atoms with Gasteiger partial charge >= 0.3 is 0 Å². The van der Waals surface area contributed by atoms with Gasteiger partial charge in [0.2, 0.25) is 5.91 Å². The zero-order valence-corrected chi connectivity index (χ0v) is 15.2. The number of anilines is 1. The van der Waals surface area contributed by atoms with Crippen molar-refractivity contribution in [3.63, 3.8) is 0 Å². The Kier molecular flexibility index (Phi) is 6.08. The molecule has 2 N–H and O–H groups in total. The van der Waals surface area contributed by atoms with Crippen molar-refractivity contribution in [3.05, 3.63) is 71.3 Å². The fourth-order valence-electron chi connectivity index (χ4n) is 3.37. The fourth-order valence-corrected chi connectivity index (χ4v) is 3.37. The monoisotopic (exact) mass is 350 g/mol. The van der Waals surface area contributed by atoms with E-state index in [-0.39, 0.29) is 18.6 Å². The second-order valence-electron chi connectivity index (χ2n) is 6.68. The van der Waals surface area contributed by atoms with Crippen LogP contribution in [0.15, 0.2) is 54.6 Å². The molecule has 0 bridgehead atoms. The number of aliphatic hydroxyl groups excluding tert-OH is 1. The van der Waals surface area contributed by atoms with Gasteiger partial charge in [-0.05, 0) is 48.6 Å². The summed E-state index contributed by atoms with van der Waals surface area (Å²) in [7, 11) is 0. The average Bonchev–Trinajstić information content (AvgIpc) is 2.67. The summed E-state index contributed by atoms with van der Waals surface area (Å²) in [5, 5.41) is 12.3. The van der Waals surface area contributed by atoms with Crippen molar-refractivity contribution in [2.24, 2.45) is 0 Å². The normalized spacial score (nSPS) is 14.9. The number of fused-ring (bicyclic) bond motifs is 1. The molecule has 1 heterocycles. The molecule has 136 valence electrons. The largest absolute Gasteiger partial charge is 0.395 e. The molecule has 1 atom stereocenters. The maximum Gasteiger partial charge on any atom is 0.244 e. The highest BCUT2D eigenvalue weighted by Gasteiger charge is 2.18. The maximum atomic E-state index is 12.2. The van der Waals surface area contributed by atoms with Crippen molar-refractivity contribution in [1.29, 1.82) is 0 Å². The van der Waals surface area contributed by atoms with Gasteiger partial charge in [-0.2, -0.15) is 0 Å². The Hall–Kier alpha value is -2.59. The molecule has 0 radical (unpaired) electrons. The number of β-amino-alcohol motifs (C(OH)–C–C–N with tert-alkyl or cyclic N) is 1. The minimum absolute atomic E-state index is 0.0777. The third kappa shape index (κ3) is 4.52. The molecule has 1 aliphatic rings. The zero-order valence-electron chi connectivity index (χ0n) is 15.2.